The molecule has 0 aromatic heterocycles. The van der Waals surface area contributed by atoms with Gasteiger partial charge in [0, 0.05) is 18.2 Å². The largest absolute Gasteiger partial charge is 0.373 e. The average Bonchev–Trinajstić information content (AvgIpc) is 2.37. The number of nitro benzene ring substituents is 1. The van der Waals surface area contributed by atoms with Gasteiger partial charge in [0.2, 0.25) is 0 Å². The van der Waals surface area contributed by atoms with Gasteiger partial charge in [-0.1, -0.05) is 12.1 Å². The fourth-order valence-corrected chi connectivity index (χ4v) is 1.90. The predicted octanol–water partition coefficient (Wildman–Crippen LogP) is 4.05. The van der Waals surface area contributed by atoms with Gasteiger partial charge in [0.25, 0.3) is 5.69 Å². The van der Waals surface area contributed by atoms with E-state index in [1.807, 2.05) is 0 Å². The quantitative estimate of drug-likeness (QED) is 0.678. The molecule has 0 aliphatic heterocycles. The molecule has 1 N–H and O–H groups in total. The molecule has 2 rings (SSSR count). The minimum atomic E-state index is -0.684. The molecule has 2 aromatic rings. The van der Waals surface area contributed by atoms with Crippen molar-refractivity contribution in [3.8, 4) is 0 Å². The highest BCUT2D eigenvalue weighted by molar-refractivity contribution is 5.61. The van der Waals surface area contributed by atoms with E-state index < -0.39 is 22.6 Å². The van der Waals surface area contributed by atoms with Gasteiger partial charge in [0.1, 0.15) is 17.3 Å². The molecule has 6 heteroatoms. The summed E-state index contributed by atoms with van der Waals surface area (Å²) >= 11 is 0. The summed E-state index contributed by atoms with van der Waals surface area (Å²) in [6, 6.07) is 8.79. The van der Waals surface area contributed by atoms with Crippen molar-refractivity contribution in [1.82, 2.24) is 0 Å². The Morgan fingerprint density at radius 3 is 2.35 bits per heavy atom. The third-order valence-corrected chi connectivity index (χ3v) is 2.86. The number of rotatable bonds is 4. The van der Waals surface area contributed by atoms with E-state index in [0.717, 1.165) is 6.07 Å². The molecule has 4 nitrogen and oxygen atoms in total. The van der Waals surface area contributed by atoms with Crippen molar-refractivity contribution in [2.24, 2.45) is 0 Å². The van der Waals surface area contributed by atoms with Crippen LogP contribution in [-0.2, 0) is 0 Å². The molecule has 0 aliphatic rings. The van der Waals surface area contributed by atoms with E-state index in [-0.39, 0.29) is 5.69 Å². The van der Waals surface area contributed by atoms with Gasteiger partial charge in [-0.05, 0) is 30.7 Å². The van der Waals surface area contributed by atoms with Crippen molar-refractivity contribution in [2.45, 2.75) is 13.0 Å². The lowest BCUT2D eigenvalue weighted by Crippen LogP contribution is -2.09. The molecule has 20 heavy (non-hydrogen) atoms. The monoisotopic (exact) mass is 278 g/mol. The highest BCUT2D eigenvalue weighted by Crippen LogP contribution is 2.28. The van der Waals surface area contributed by atoms with Gasteiger partial charge in [-0.3, -0.25) is 10.1 Å². The molecule has 0 fully saturated rings. The standard InChI is InChI=1S/C14H12F2N2O2/c1-9(10-6-11(15)8-12(16)7-10)17-13-4-2-3-5-14(13)18(19)20/h2-9,17H,1H3. The highest BCUT2D eigenvalue weighted by Gasteiger charge is 2.15. The van der Waals surface area contributed by atoms with E-state index in [1.54, 1.807) is 25.1 Å². The van der Waals surface area contributed by atoms with Gasteiger partial charge in [-0.25, -0.2) is 8.78 Å². The van der Waals surface area contributed by atoms with E-state index in [9.17, 15) is 18.9 Å². The maximum Gasteiger partial charge on any atom is 0.292 e. The summed E-state index contributed by atoms with van der Waals surface area (Å²) in [5, 5.41) is 13.8. The zero-order valence-electron chi connectivity index (χ0n) is 10.6. The Kier molecular flexibility index (Phi) is 3.93. The molecular weight excluding hydrogens is 266 g/mol. The molecule has 0 aliphatic carbocycles. The van der Waals surface area contributed by atoms with Crippen LogP contribution in [0.3, 0.4) is 0 Å². The Balaban J connectivity index is 2.28. The van der Waals surface area contributed by atoms with Crippen molar-refractivity contribution in [3.63, 3.8) is 0 Å². The van der Waals surface area contributed by atoms with Crippen LogP contribution < -0.4 is 5.32 Å². The van der Waals surface area contributed by atoms with E-state index in [0.29, 0.717) is 11.3 Å². The van der Waals surface area contributed by atoms with E-state index in [4.69, 9.17) is 0 Å². The van der Waals surface area contributed by atoms with Crippen molar-refractivity contribution in [3.05, 3.63) is 69.8 Å². The average molecular weight is 278 g/mol. The molecular formula is C14H12F2N2O2. The Hall–Kier alpha value is -2.50. The first kappa shape index (κ1) is 13.9. The summed E-state index contributed by atoms with van der Waals surface area (Å²) < 4.78 is 26.3. The van der Waals surface area contributed by atoms with Crippen LogP contribution >= 0.6 is 0 Å². The topological polar surface area (TPSA) is 55.2 Å². The molecule has 0 heterocycles. The summed E-state index contributed by atoms with van der Waals surface area (Å²) in [5.74, 6) is -1.37. The van der Waals surface area contributed by atoms with Gasteiger partial charge in [-0.2, -0.15) is 0 Å². The third-order valence-electron chi connectivity index (χ3n) is 2.86. The SMILES string of the molecule is CC(Nc1ccccc1[N+](=O)[O-])c1cc(F)cc(F)c1. The fourth-order valence-electron chi connectivity index (χ4n) is 1.90. The molecule has 2 aromatic carbocycles. The first-order valence-corrected chi connectivity index (χ1v) is 5.93. The van der Waals surface area contributed by atoms with Gasteiger partial charge < -0.3 is 5.32 Å². The zero-order chi connectivity index (χ0) is 14.7. The summed E-state index contributed by atoms with van der Waals surface area (Å²) in [7, 11) is 0. The molecule has 0 bridgehead atoms. The van der Waals surface area contributed by atoms with Gasteiger partial charge >= 0.3 is 0 Å². The fraction of sp³-hybridized carbons (Fsp3) is 0.143. The summed E-state index contributed by atoms with van der Waals surface area (Å²) in [6.45, 7) is 1.67. The number of nitro groups is 1. The van der Waals surface area contributed by atoms with Crippen LogP contribution in [0, 0.1) is 21.7 Å². The number of nitrogens with zero attached hydrogens (tertiary/aromatic N) is 1. The van der Waals surface area contributed by atoms with Crippen LogP contribution in [0.4, 0.5) is 20.2 Å². The lowest BCUT2D eigenvalue weighted by molar-refractivity contribution is -0.384. The number of anilines is 1. The first-order chi connectivity index (χ1) is 9.47. The second kappa shape index (κ2) is 5.64. The van der Waals surface area contributed by atoms with E-state index >= 15 is 0 Å². The molecule has 0 radical (unpaired) electrons. The molecule has 104 valence electrons. The third kappa shape index (κ3) is 3.09. The van der Waals surface area contributed by atoms with Gasteiger partial charge in [0.15, 0.2) is 0 Å². The number of para-hydroxylation sites is 2. The first-order valence-electron chi connectivity index (χ1n) is 5.93. The molecule has 0 saturated carbocycles. The van der Waals surface area contributed by atoms with Crippen LogP contribution in [-0.4, -0.2) is 4.92 Å². The number of hydrogen-bond donors (Lipinski definition) is 1. The second-order valence-corrected chi connectivity index (χ2v) is 4.34. The van der Waals surface area contributed by atoms with Gasteiger partial charge in [0.05, 0.1) is 4.92 Å². The Morgan fingerprint density at radius 1 is 1.15 bits per heavy atom. The molecule has 0 amide bonds. The normalized spacial score (nSPS) is 11.9. The Bertz CT molecular complexity index is 627. The Labute approximate surface area is 114 Å². The predicted molar refractivity (Wildman–Crippen MR) is 71.5 cm³/mol. The number of nitrogens with one attached hydrogen (secondary N) is 1. The van der Waals surface area contributed by atoms with Crippen LogP contribution in [0.15, 0.2) is 42.5 Å². The summed E-state index contributed by atoms with van der Waals surface area (Å²) in [6.07, 6.45) is 0. The van der Waals surface area contributed by atoms with Crippen LogP contribution in [0.2, 0.25) is 0 Å². The summed E-state index contributed by atoms with van der Waals surface area (Å²) in [5.41, 5.74) is 0.589. The minimum Gasteiger partial charge on any atom is -0.373 e. The van der Waals surface area contributed by atoms with Crippen LogP contribution in [0.1, 0.15) is 18.5 Å². The molecule has 0 saturated heterocycles. The minimum absolute atomic E-state index is 0.0868. The molecule has 1 atom stereocenters. The van der Waals surface area contributed by atoms with Crippen molar-refractivity contribution in [2.75, 3.05) is 5.32 Å². The van der Waals surface area contributed by atoms with Crippen LogP contribution in [0.25, 0.3) is 0 Å². The maximum atomic E-state index is 13.2. The smallest absolute Gasteiger partial charge is 0.292 e. The van der Waals surface area contributed by atoms with Crippen molar-refractivity contribution < 1.29 is 13.7 Å². The molecule has 0 spiro atoms. The van der Waals surface area contributed by atoms with Crippen molar-refractivity contribution in [1.29, 1.82) is 0 Å². The Morgan fingerprint density at radius 2 is 1.75 bits per heavy atom. The highest BCUT2D eigenvalue weighted by atomic mass is 19.1. The maximum absolute atomic E-state index is 13.2. The number of hydrogen-bond acceptors (Lipinski definition) is 3. The van der Waals surface area contributed by atoms with Crippen molar-refractivity contribution >= 4 is 11.4 Å². The van der Waals surface area contributed by atoms with E-state index in [1.165, 1.54) is 18.2 Å². The van der Waals surface area contributed by atoms with E-state index in [2.05, 4.69) is 5.32 Å². The molecule has 1 unspecified atom stereocenters. The second-order valence-electron chi connectivity index (χ2n) is 4.34. The number of benzene rings is 2. The summed E-state index contributed by atoms with van der Waals surface area (Å²) in [4.78, 5) is 10.4. The van der Waals surface area contributed by atoms with Crippen LogP contribution in [0.5, 0.6) is 0 Å². The van der Waals surface area contributed by atoms with Gasteiger partial charge in [-0.15, -0.1) is 0 Å². The lowest BCUT2D eigenvalue weighted by Gasteiger charge is -2.16. The zero-order valence-corrected chi connectivity index (χ0v) is 10.6. The lowest BCUT2D eigenvalue weighted by atomic mass is 10.1. The number of halogens is 2.